The van der Waals surface area contributed by atoms with Crippen LogP contribution in [0.25, 0.3) is 6.08 Å². The fourth-order valence-corrected chi connectivity index (χ4v) is 3.55. The van der Waals surface area contributed by atoms with Gasteiger partial charge >= 0.3 is 0 Å². The number of benzene rings is 2. The largest absolute Gasteiger partial charge is 0.332 e. The lowest BCUT2D eigenvalue weighted by molar-refractivity contribution is -0.120. The summed E-state index contributed by atoms with van der Waals surface area (Å²) in [6.45, 7) is 0. The van der Waals surface area contributed by atoms with E-state index in [2.05, 4.69) is 16.0 Å². The molecule has 0 radical (unpaired) electrons. The van der Waals surface area contributed by atoms with Crippen molar-refractivity contribution in [2.75, 3.05) is 10.6 Å². The summed E-state index contributed by atoms with van der Waals surface area (Å²) in [5.74, 6) is -0.144. The molecule has 0 atom stereocenters. The molecular formula is C23H25N3O2S. The van der Waals surface area contributed by atoms with Crippen molar-refractivity contribution in [1.82, 2.24) is 5.32 Å². The van der Waals surface area contributed by atoms with Crippen molar-refractivity contribution >= 4 is 46.6 Å². The van der Waals surface area contributed by atoms with Crippen molar-refractivity contribution in [3.8, 4) is 0 Å². The van der Waals surface area contributed by atoms with E-state index in [-0.39, 0.29) is 22.8 Å². The van der Waals surface area contributed by atoms with Gasteiger partial charge in [-0.25, -0.2) is 0 Å². The summed E-state index contributed by atoms with van der Waals surface area (Å²) in [6, 6.07) is 16.9. The Hall–Kier alpha value is -2.99. The zero-order valence-electron chi connectivity index (χ0n) is 16.2. The second kappa shape index (κ2) is 10.5. The van der Waals surface area contributed by atoms with Gasteiger partial charge in [0, 0.05) is 23.4 Å². The van der Waals surface area contributed by atoms with E-state index in [1.165, 1.54) is 12.5 Å². The number of anilines is 2. The fraction of sp³-hybridized carbons (Fsp3) is 0.261. The molecule has 0 aliphatic heterocycles. The van der Waals surface area contributed by atoms with Gasteiger partial charge in [-0.05, 0) is 54.9 Å². The molecule has 0 spiro atoms. The molecule has 0 aromatic heterocycles. The third-order valence-electron chi connectivity index (χ3n) is 4.83. The van der Waals surface area contributed by atoms with Crippen LogP contribution >= 0.6 is 12.2 Å². The van der Waals surface area contributed by atoms with Crippen molar-refractivity contribution in [3.63, 3.8) is 0 Å². The average Bonchev–Trinajstić information content (AvgIpc) is 2.74. The molecule has 0 unspecified atom stereocenters. The van der Waals surface area contributed by atoms with Crippen LogP contribution in [0.3, 0.4) is 0 Å². The van der Waals surface area contributed by atoms with E-state index in [0.717, 1.165) is 31.2 Å². The number of amides is 2. The first kappa shape index (κ1) is 20.7. The summed E-state index contributed by atoms with van der Waals surface area (Å²) < 4.78 is 0. The topological polar surface area (TPSA) is 70.2 Å². The first-order valence-electron chi connectivity index (χ1n) is 9.86. The molecule has 6 heteroatoms. The zero-order valence-corrected chi connectivity index (χ0v) is 17.0. The lowest BCUT2D eigenvalue weighted by Crippen LogP contribution is -2.32. The molecule has 150 valence electrons. The van der Waals surface area contributed by atoms with Crippen molar-refractivity contribution in [1.29, 1.82) is 0 Å². The van der Waals surface area contributed by atoms with Gasteiger partial charge in [-0.15, -0.1) is 0 Å². The molecule has 0 heterocycles. The highest BCUT2D eigenvalue weighted by molar-refractivity contribution is 7.80. The molecule has 2 aromatic rings. The summed E-state index contributed by atoms with van der Waals surface area (Å²) in [5.41, 5.74) is 2.34. The highest BCUT2D eigenvalue weighted by Crippen LogP contribution is 2.25. The maximum absolute atomic E-state index is 12.4. The highest BCUT2D eigenvalue weighted by atomic mass is 32.1. The van der Waals surface area contributed by atoms with Gasteiger partial charge in [0.15, 0.2) is 5.11 Å². The maximum Gasteiger partial charge on any atom is 0.250 e. The molecule has 29 heavy (non-hydrogen) atoms. The fourth-order valence-electron chi connectivity index (χ4n) is 3.34. The average molecular weight is 408 g/mol. The molecule has 1 aliphatic carbocycles. The second-order valence-electron chi connectivity index (χ2n) is 7.09. The molecule has 0 saturated heterocycles. The number of hydrogen-bond acceptors (Lipinski definition) is 3. The predicted molar refractivity (Wildman–Crippen MR) is 121 cm³/mol. The molecule has 1 saturated carbocycles. The quantitative estimate of drug-likeness (QED) is 0.495. The van der Waals surface area contributed by atoms with E-state index in [1.54, 1.807) is 12.1 Å². The molecule has 2 amide bonds. The third kappa shape index (κ3) is 6.84. The molecule has 1 fully saturated rings. The number of rotatable bonds is 5. The van der Waals surface area contributed by atoms with E-state index in [9.17, 15) is 9.59 Å². The molecule has 2 aromatic carbocycles. The van der Waals surface area contributed by atoms with Crippen LogP contribution in [0.1, 0.15) is 37.7 Å². The Morgan fingerprint density at radius 2 is 1.59 bits per heavy atom. The minimum Gasteiger partial charge on any atom is -0.332 e. The number of carbonyl (C=O) groups excluding carboxylic acids is 2. The van der Waals surface area contributed by atoms with Crippen LogP contribution in [-0.2, 0) is 9.59 Å². The summed E-state index contributed by atoms with van der Waals surface area (Å²) in [4.78, 5) is 24.4. The second-order valence-corrected chi connectivity index (χ2v) is 7.50. The van der Waals surface area contributed by atoms with E-state index in [4.69, 9.17) is 12.2 Å². The Balaban J connectivity index is 1.51. The standard InChI is InChI=1S/C23H25N3O2S/c27-21(15-14-17-8-3-1-4-9-17)26-23(29)25-20-13-7-12-19(16-20)24-22(28)18-10-5-2-6-11-18/h1,3-4,7-9,12-16,18H,2,5-6,10-11H2,(H,24,28)(H2,25,26,27,29)/b15-14+. The van der Waals surface area contributed by atoms with Gasteiger partial charge in [-0.3, -0.25) is 14.9 Å². The van der Waals surface area contributed by atoms with Gasteiger partial charge < -0.3 is 10.6 Å². The van der Waals surface area contributed by atoms with E-state index >= 15 is 0 Å². The third-order valence-corrected chi connectivity index (χ3v) is 5.03. The van der Waals surface area contributed by atoms with Crippen molar-refractivity contribution < 1.29 is 9.59 Å². The zero-order chi connectivity index (χ0) is 20.5. The van der Waals surface area contributed by atoms with Crippen LogP contribution in [0.4, 0.5) is 11.4 Å². The van der Waals surface area contributed by atoms with E-state index < -0.39 is 0 Å². The first-order chi connectivity index (χ1) is 14.1. The Bertz CT molecular complexity index is 890. The number of carbonyl (C=O) groups is 2. The lowest BCUT2D eigenvalue weighted by atomic mass is 9.88. The summed E-state index contributed by atoms with van der Waals surface area (Å²) in [5, 5.41) is 8.78. The Morgan fingerprint density at radius 3 is 2.31 bits per heavy atom. The monoisotopic (exact) mass is 407 g/mol. The van der Waals surface area contributed by atoms with E-state index in [0.29, 0.717) is 11.4 Å². The van der Waals surface area contributed by atoms with Crippen molar-refractivity contribution in [2.24, 2.45) is 5.92 Å². The number of thiocarbonyl (C=S) groups is 1. The Labute approximate surface area is 176 Å². The minimum atomic E-state index is -0.312. The first-order valence-corrected chi connectivity index (χ1v) is 10.3. The molecule has 3 N–H and O–H groups in total. The van der Waals surface area contributed by atoms with Crippen molar-refractivity contribution in [3.05, 3.63) is 66.2 Å². The lowest BCUT2D eigenvalue weighted by Gasteiger charge is -2.21. The minimum absolute atomic E-state index is 0.0729. The smallest absolute Gasteiger partial charge is 0.250 e. The molecular weight excluding hydrogens is 382 g/mol. The molecule has 1 aliphatic rings. The molecule has 0 bridgehead atoms. The van der Waals surface area contributed by atoms with Crippen LogP contribution in [0.15, 0.2) is 60.7 Å². The number of hydrogen-bond donors (Lipinski definition) is 3. The van der Waals surface area contributed by atoms with Crippen LogP contribution < -0.4 is 16.0 Å². The van der Waals surface area contributed by atoms with Gasteiger partial charge in [0.05, 0.1) is 0 Å². The number of nitrogens with one attached hydrogen (secondary N) is 3. The van der Waals surface area contributed by atoms with Gasteiger partial charge in [0.1, 0.15) is 0 Å². The van der Waals surface area contributed by atoms with E-state index in [1.807, 2.05) is 48.5 Å². The van der Waals surface area contributed by atoms with Gasteiger partial charge in [-0.1, -0.05) is 55.7 Å². The van der Waals surface area contributed by atoms with Crippen molar-refractivity contribution in [2.45, 2.75) is 32.1 Å². The highest BCUT2D eigenvalue weighted by Gasteiger charge is 2.21. The Kier molecular flexibility index (Phi) is 7.53. The van der Waals surface area contributed by atoms with Crippen LogP contribution in [0.5, 0.6) is 0 Å². The van der Waals surface area contributed by atoms with Gasteiger partial charge in [0.25, 0.3) is 0 Å². The SMILES string of the molecule is O=C(/C=C/c1ccccc1)NC(=S)Nc1cccc(NC(=O)C2CCCCC2)c1. The van der Waals surface area contributed by atoms with Gasteiger partial charge in [-0.2, -0.15) is 0 Å². The van der Waals surface area contributed by atoms with Crippen LogP contribution in [-0.4, -0.2) is 16.9 Å². The molecule has 5 nitrogen and oxygen atoms in total. The molecule has 3 rings (SSSR count). The summed E-state index contributed by atoms with van der Waals surface area (Å²) in [7, 11) is 0. The Morgan fingerprint density at radius 1 is 0.897 bits per heavy atom. The normalized spacial score (nSPS) is 14.3. The predicted octanol–water partition coefficient (Wildman–Crippen LogP) is 4.73. The maximum atomic E-state index is 12.4. The summed E-state index contributed by atoms with van der Waals surface area (Å²) >= 11 is 5.21. The summed E-state index contributed by atoms with van der Waals surface area (Å²) in [6.07, 6.45) is 8.52. The van der Waals surface area contributed by atoms with Gasteiger partial charge in [0.2, 0.25) is 11.8 Å². The van der Waals surface area contributed by atoms with Crippen LogP contribution in [0, 0.1) is 5.92 Å². The van der Waals surface area contributed by atoms with Crippen LogP contribution in [0.2, 0.25) is 0 Å².